The number of aryl methyl sites for hydroxylation is 1. The highest BCUT2D eigenvalue weighted by Gasteiger charge is 2.20. The Morgan fingerprint density at radius 3 is 1.48 bits per heavy atom. The summed E-state index contributed by atoms with van der Waals surface area (Å²) in [7, 11) is 0. The molecule has 0 N–H and O–H groups in total. The number of hydrogen-bond donors (Lipinski definition) is 0. The number of para-hydroxylation sites is 3. The zero-order chi connectivity index (χ0) is 44.4. The maximum absolute atomic E-state index is 2.45. The standard InChI is InChI=1S/C63H44N4/c1-43-25-27-50(28-26-43)66-60-23-13-12-22-55(60)58-42-52(33-35-62(58)66)65(48-19-9-4-10-20-48)49-29-31-51(32-30-49)67-61-24-14-11-21-54(61)56-34-36-59-57(63(56)67)37-38-64(59)53-40-46(44-15-5-2-6-16-44)39-47(41-53)45-17-7-3-8-18-45/h2-42H,1H3. The van der Waals surface area contributed by atoms with Crippen molar-refractivity contribution in [3.63, 3.8) is 0 Å². The fourth-order valence-electron chi connectivity index (χ4n) is 10.4. The highest BCUT2D eigenvalue weighted by molar-refractivity contribution is 6.18. The molecule has 316 valence electrons. The number of rotatable bonds is 8. The number of nitrogens with zero attached hydrogens (tertiary/aromatic N) is 4. The van der Waals surface area contributed by atoms with Gasteiger partial charge in [-0.1, -0.05) is 139 Å². The van der Waals surface area contributed by atoms with Crippen LogP contribution in [0.15, 0.2) is 249 Å². The van der Waals surface area contributed by atoms with Crippen LogP contribution in [0.25, 0.3) is 93.8 Å². The minimum atomic E-state index is 1.08. The van der Waals surface area contributed by atoms with E-state index in [1.165, 1.54) is 76.8 Å². The lowest BCUT2D eigenvalue weighted by Gasteiger charge is -2.26. The summed E-state index contributed by atoms with van der Waals surface area (Å²) in [6.45, 7) is 2.14. The van der Waals surface area contributed by atoms with Crippen molar-refractivity contribution < 1.29 is 0 Å². The quantitative estimate of drug-likeness (QED) is 0.149. The summed E-state index contributed by atoms with van der Waals surface area (Å²) in [6.07, 6.45) is 2.24. The Labute approximate surface area is 389 Å². The van der Waals surface area contributed by atoms with E-state index in [4.69, 9.17) is 0 Å². The Bertz CT molecular complexity index is 3890. The van der Waals surface area contributed by atoms with Crippen LogP contribution in [0.5, 0.6) is 0 Å². The molecule has 13 aromatic rings. The summed E-state index contributed by atoms with van der Waals surface area (Å²) in [5.41, 5.74) is 18.6. The van der Waals surface area contributed by atoms with Gasteiger partial charge in [-0.25, -0.2) is 0 Å². The molecule has 0 amide bonds. The number of fused-ring (bicyclic) bond motifs is 8. The molecule has 0 radical (unpaired) electrons. The molecule has 0 aliphatic heterocycles. The number of anilines is 3. The molecule has 0 atom stereocenters. The highest BCUT2D eigenvalue weighted by Crippen LogP contribution is 2.42. The third-order valence-corrected chi connectivity index (χ3v) is 13.5. The molecule has 0 spiro atoms. The van der Waals surface area contributed by atoms with Gasteiger partial charge in [0.25, 0.3) is 0 Å². The maximum Gasteiger partial charge on any atom is 0.0635 e. The van der Waals surface area contributed by atoms with E-state index in [0.29, 0.717) is 0 Å². The average Bonchev–Trinajstić information content (AvgIpc) is 4.08. The van der Waals surface area contributed by atoms with Gasteiger partial charge in [0.05, 0.1) is 27.6 Å². The van der Waals surface area contributed by atoms with Crippen LogP contribution >= 0.6 is 0 Å². The van der Waals surface area contributed by atoms with Gasteiger partial charge in [-0.3, -0.25) is 0 Å². The van der Waals surface area contributed by atoms with E-state index in [2.05, 4.69) is 274 Å². The van der Waals surface area contributed by atoms with Crippen molar-refractivity contribution in [2.24, 2.45) is 0 Å². The van der Waals surface area contributed by atoms with Crippen molar-refractivity contribution in [2.75, 3.05) is 4.90 Å². The van der Waals surface area contributed by atoms with Crippen molar-refractivity contribution in [3.8, 4) is 39.3 Å². The fourth-order valence-corrected chi connectivity index (χ4v) is 10.4. The van der Waals surface area contributed by atoms with Crippen molar-refractivity contribution in [3.05, 3.63) is 254 Å². The van der Waals surface area contributed by atoms with Gasteiger partial charge in [-0.2, -0.15) is 0 Å². The van der Waals surface area contributed by atoms with Crippen LogP contribution in [0.4, 0.5) is 17.1 Å². The molecule has 4 heteroatoms. The second-order valence-corrected chi connectivity index (χ2v) is 17.5. The number of hydrogen-bond acceptors (Lipinski definition) is 1. The zero-order valence-electron chi connectivity index (χ0n) is 37.0. The first-order chi connectivity index (χ1) is 33.1. The van der Waals surface area contributed by atoms with Gasteiger partial charge in [0.1, 0.15) is 0 Å². The van der Waals surface area contributed by atoms with Gasteiger partial charge in [0, 0.05) is 67.3 Å². The SMILES string of the molecule is Cc1ccc(-n2c3ccccc3c3cc(N(c4ccccc4)c4ccc(-n5c6ccccc6c6ccc7c(ccn7-c7cc(-c8ccccc8)cc(-c8ccccc8)c7)c65)cc4)ccc32)cc1. The van der Waals surface area contributed by atoms with Crippen molar-refractivity contribution in [2.45, 2.75) is 6.92 Å². The summed E-state index contributed by atoms with van der Waals surface area (Å²) in [6, 6.07) is 88.3. The predicted octanol–water partition coefficient (Wildman–Crippen LogP) is 16.9. The molecule has 67 heavy (non-hydrogen) atoms. The van der Waals surface area contributed by atoms with E-state index < -0.39 is 0 Å². The summed E-state index contributed by atoms with van der Waals surface area (Å²) < 4.78 is 7.19. The topological polar surface area (TPSA) is 18.0 Å². The smallest absolute Gasteiger partial charge is 0.0635 e. The maximum atomic E-state index is 2.45. The Morgan fingerprint density at radius 2 is 0.806 bits per heavy atom. The van der Waals surface area contributed by atoms with Gasteiger partial charge in [-0.05, 0) is 138 Å². The molecule has 0 aliphatic carbocycles. The monoisotopic (exact) mass is 856 g/mol. The zero-order valence-corrected chi connectivity index (χ0v) is 37.0. The van der Waals surface area contributed by atoms with E-state index in [-0.39, 0.29) is 0 Å². The number of benzene rings is 10. The van der Waals surface area contributed by atoms with E-state index in [9.17, 15) is 0 Å². The first-order valence-electron chi connectivity index (χ1n) is 23.0. The minimum Gasteiger partial charge on any atom is -0.316 e. The van der Waals surface area contributed by atoms with Gasteiger partial charge in [-0.15, -0.1) is 0 Å². The molecule has 4 nitrogen and oxygen atoms in total. The van der Waals surface area contributed by atoms with E-state index in [1.807, 2.05) is 0 Å². The Kier molecular flexibility index (Phi) is 9.04. The summed E-state index contributed by atoms with van der Waals surface area (Å²) in [5, 5.41) is 6.12. The Hall–Kier alpha value is -8.86. The molecule has 3 heterocycles. The lowest BCUT2D eigenvalue weighted by Crippen LogP contribution is -2.10. The largest absolute Gasteiger partial charge is 0.316 e. The summed E-state index contributed by atoms with van der Waals surface area (Å²) in [4.78, 5) is 2.37. The second kappa shape index (κ2) is 15.7. The van der Waals surface area contributed by atoms with Crippen LogP contribution in [0.2, 0.25) is 0 Å². The van der Waals surface area contributed by atoms with Crippen LogP contribution in [0.1, 0.15) is 5.56 Å². The summed E-state index contributed by atoms with van der Waals surface area (Å²) in [5.74, 6) is 0. The molecule has 0 fully saturated rings. The molecular formula is C63H44N4. The summed E-state index contributed by atoms with van der Waals surface area (Å²) >= 11 is 0. The lowest BCUT2D eigenvalue weighted by atomic mass is 9.98. The van der Waals surface area contributed by atoms with Crippen molar-refractivity contribution >= 4 is 71.6 Å². The van der Waals surface area contributed by atoms with Crippen molar-refractivity contribution in [1.29, 1.82) is 0 Å². The third kappa shape index (κ3) is 6.45. The second-order valence-electron chi connectivity index (χ2n) is 17.5. The molecule has 0 saturated carbocycles. The van der Waals surface area contributed by atoms with Crippen LogP contribution in [0.3, 0.4) is 0 Å². The Morgan fingerprint density at radius 1 is 0.299 bits per heavy atom. The molecule has 0 bridgehead atoms. The molecule has 10 aromatic carbocycles. The molecule has 0 saturated heterocycles. The van der Waals surface area contributed by atoms with Gasteiger partial charge < -0.3 is 18.6 Å². The Balaban J connectivity index is 0.953. The third-order valence-electron chi connectivity index (χ3n) is 13.5. The average molecular weight is 857 g/mol. The van der Waals surface area contributed by atoms with E-state index in [1.54, 1.807) is 0 Å². The first-order valence-corrected chi connectivity index (χ1v) is 23.0. The first kappa shape index (κ1) is 38.6. The van der Waals surface area contributed by atoms with E-state index >= 15 is 0 Å². The van der Waals surface area contributed by atoms with Gasteiger partial charge in [0.2, 0.25) is 0 Å². The van der Waals surface area contributed by atoms with Gasteiger partial charge >= 0.3 is 0 Å². The van der Waals surface area contributed by atoms with Crippen LogP contribution in [-0.2, 0) is 0 Å². The normalized spacial score (nSPS) is 11.7. The predicted molar refractivity (Wildman–Crippen MR) is 282 cm³/mol. The van der Waals surface area contributed by atoms with Crippen molar-refractivity contribution in [1.82, 2.24) is 13.7 Å². The lowest BCUT2D eigenvalue weighted by molar-refractivity contribution is 1.13. The van der Waals surface area contributed by atoms with Gasteiger partial charge in [0.15, 0.2) is 0 Å². The molecule has 13 rings (SSSR count). The highest BCUT2D eigenvalue weighted by atomic mass is 15.1. The van der Waals surface area contributed by atoms with Crippen LogP contribution in [0, 0.1) is 6.92 Å². The molecule has 0 unspecified atom stereocenters. The molecule has 0 aliphatic rings. The van der Waals surface area contributed by atoms with E-state index in [0.717, 1.165) is 39.6 Å². The number of aromatic nitrogens is 3. The molecule has 3 aromatic heterocycles. The van der Waals surface area contributed by atoms with Crippen LogP contribution in [-0.4, -0.2) is 13.7 Å². The fraction of sp³-hybridized carbons (Fsp3) is 0.0159. The molecular weight excluding hydrogens is 813 g/mol. The van der Waals surface area contributed by atoms with Crippen LogP contribution < -0.4 is 4.90 Å². The minimum absolute atomic E-state index is 1.08.